The average molecular weight is 401 g/mol. The largest absolute Gasteiger partial charge is 0.436 e. The third kappa shape index (κ3) is 7.04. The van der Waals surface area contributed by atoms with Gasteiger partial charge in [0.2, 0.25) is 0 Å². The molecular formula is C21H27N3O5. The van der Waals surface area contributed by atoms with Crippen molar-refractivity contribution >= 4 is 12.0 Å². The molecule has 2 fully saturated rings. The van der Waals surface area contributed by atoms with Gasteiger partial charge in [-0.25, -0.2) is 4.79 Å². The molecule has 2 amide bonds. The maximum Gasteiger partial charge on any atom is 0.410 e. The number of morpholine rings is 1. The van der Waals surface area contributed by atoms with Crippen LogP contribution in [0.25, 0.3) is 0 Å². The Bertz CT molecular complexity index is 711. The summed E-state index contributed by atoms with van der Waals surface area (Å²) in [5.41, 5.74) is 0.988. The highest BCUT2D eigenvalue weighted by Crippen LogP contribution is 2.34. The summed E-state index contributed by atoms with van der Waals surface area (Å²) >= 11 is 0. The Morgan fingerprint density at radius 2 is 1.97 bits per heavy atom. The first-order valence-corrected chi connectivity index (χ1v) is 10.0. The van der Waals surface area contributed by atoms with Crippen molar-refractivity contribution in [2.75, 3.05) is 32.9 Å². The topological polar surface area (TPSA) is 101 Å². The summed E-state index contributed by atoms with van der Waals surface area (Å²) in [5.74, 6) is -0.0634. The predicted molar refractivity (Wildman–Crippen MR) is 104 cm³/mol. The van der Waals surface area contributed by atoms with E-state index in [4.69, 9.17) is 14.2 Å². The van der Waals surface area contributed by atoms with Gasteiger partial charge in [0.05, 0.1) is 32.5 Å². The summed E-state index contributed by atoms with van der Waals surface area (Å²) in [4.78, 5) is 26.6. The van der Waals surface area contributed by atoms with Gasteiger partial charge in [-0.2, -0.15) is 5.26 Å². The molecule has 1 saturated heterocycles. The van der Waals surface area contributed by atoms with Crippen molar-refractivity contribution in [3.63, 3.8) is 0 Å². The van der Waals surface area contributed by atoms with Gasteiger partial charge in [-0.05, 0) is 17.9 Å². The fraction of sp³-hybridized carbons (Fsp3) is 0.571. The number of nitrogens with zero attached hydrogens (tertiary/aromatic N) is 2. The van der Waals surface area contributed by atoms with Crippen LogP contribution in [0.1, 0.15) is 24.8 Å². The van der Waals surface area contributed by atoms with E-state index in [2.05, 4.69) is 5.32 Å². The molecule has 1 aromatic carbocycles. The zero-order valence-electron chi connectivity index (χ0n) is 16.4. The maximum atomic E-state index is 12.7. The maximum absolute atomic E-state index is 12.7. The molecule has 1 heterocycles. The van der Waals surface area contributed by atoms with Crippen LogP contribution in [0.3, 0.4) is 0 Å². The number of nitrogens with one attached hydrogen (secondary N) is 1. The molecule has 0 unspecified atom stereocenters. The number of benzene rings is 1. The molecule has 1 saturated carbocycles. The molecule has 0 aromatic heterocycles. The first-order chi connectivity index (χ1) is 14.2. The van der Waals surface area contributed by atoms with Crippen LogP contribution in [0.15, 0.2) is 30.3 Å². The fourth-order valence-electron chi connectivity index (χ4n) is 3.05. The number of rotatable bonds is 9. The van der Waals surface area contributed by atoms with Crippen molar-refractivity contribution in [3.05, 3.63) is 35.9 Å². The Balaban J connectivity index is 1.49. The van der Waals surface area contributed by atoms with E-state index in [0.717, 1.165) is 18.4 Å². The lowest BCUT2D eigenvalue weighted by Crippen LogP contribution is -2.48. The number of hydrogen-bond donors (Lipinski definition) is 1. The van der Waals surface area contributed by atoms with Crippen LogP contribution in [0.5, 0.6) is 0 Å². The van der Waals surface area contributed by atoms with Crippen LogP contribution >= 0.6 is 0 Å². The molecule has 0 spiro atoms. The zero-order chi connectivity index (χ0) is 20.5. The van der Waals surface area contributed by atoms with Crippen LogP contribution < -0.4 is 5.32 Å². The van der Waals surface area contributed by atoms with Crippen molar-refractivity contribution in [1.29, 1.82) is 5.26 Å². The molecule has 2 atom stereocenters. The van der Waals surface area contributed by atoms with E-state index in [0.29, 0.717) is 45.2 Å². The monoisotopic (exact) mass is 401 g/mol. The number of hydrogen-bond acceptors (Lipinski definition) is 6. The lowest BCUT2D eigenvalue weighted by molar-refractivity contribution is -0.131. The molecular weight excluding hydrogens is 374 g/mol. The highest BCUT2D eigenvalue weighted by atomic mass is 16.6. The van der Waals surface area contributed by atoms with E-state index in [1.807, 2.05) is 36.4 Å². The Morgan fingerprint density at radius 1 is 1.24 bits per heavy atom. The number of carbonyl (C=O) groups is 2. The molecule has 8 nitrogen and oxygen atoms in total. The van der Waals surface area contributed by atoms with E-state index >= 15 is 0 Å². The summed E-state index contributed by atoms with van der Waals surface area (Å²) in [6, 6.07) is 10.8. The Morgan fingerprint density at radius 3 is 2.62 bits per heavy atom. The summed E-state index contributed by atoms with van der Waals surface area (Å²) < 4.78 is 16.3. The van der Waals surface area contributed by atoms with Crippen LogP contribution in [0.4, 0.5) is 4.79 Å². The van der Waals surface area contributed by atoms with Gasteiger partial charge in [0, 0.05) is 13.1 Å². The van der Waals surface area contributed by atoms with Crippen molar-refractivity contribution < 1.29 is 23.8 Å². The van der Waals surface area contributed by atoms with Crippen molar-refractivity contribution in [3.8, 4) is 6.07 Å². The minimum absolute atomic E-state index is 0.0602. The molecule has 3 rings (SSSR count). The van der Waals surface area contributed by atoms with Crippen molar-refractivity contribution in [1.82, 2.24) is 10.2 Å². The van der Waals surface area contributed by atoms with E-state index < -0.39 is 24.1 Å². The van der Waals surface area contributed by atoms with Gasteiger partial charge in [-0.3, -0.25) is 4.79 Å². The second-order valence-corrected chi connectivity index (χ2v) is 7.34. The number of ether oxygens (including phenoxy) is 3. The lowest BCUT2D eigenvalue weighted by Gasteiger charge is -2.28. The molecule has 0 radical (unpaired) electrons. The fourth-order valence-corrected chi connectivity index (χ4v) is 3.05. The van der Waals surface area contributed by atoms with Gasteiger partial charge >= 0.3 is 6.09 Å². The zero-order valence-corrected chi connectivity index (χ0v) is 16.4. The standard InChI is InChI=1S/C21H27N3O5/c22-13-18(15-28-14-17-4-2-1-3-5-17)23-20(25)19(12-16-6-7-16)29-21(26)24-8-10-27-11-9-24/h1-5,16,18-19H,6-12,14-15H2,(H,23,25)/t18-,19+/m1/s1. The van der Waals surface area contributed by atoms with E-state index in [-0.39, 0.29) is 6.61 Å². The van der Waals surface area contributed by atoms with E-state index in [9.17, 15) is 14.9 Å². The molecule has 1 aliphatic carbocycles. The molecule has 1 N–H and O–H groups in total. The smallest absolute Gasteiger partial charge is 0.410 e. The van der Waals surface area contributed by atoms with Crippen molar-refractivity contribution in [2.45, 2.75) is 38.0 Å². The Kier molecular flexibility index (Phi) is 7.85. The SMILES string of the molecule is N#C[C@H](COCc1ccccc1)NC(=O)[C@H](CC1CC1)OC(=O)N1CCOCC1. The minimum atomic E-state index is -0.900. The molecule has 0 bridgehead atoms. The summed E-state index contributed by atoms with van der Waals surface area (Å²) in [7, 11) is 0. The number of carbonyl (C=O) groups excluding carboxylic acids is 2. The number of amides is 2. The second kappa shape index (κ2) is 10.8. The minimum Gasteiger partial charge on any atom is -0.436 e. The molecule has 1 aromatic rings. The van der Waals surface area contributed by atoms with Gasteiger partial charge in [0.1, 0.15) is 6.04 Å². The predicted octanol–water partition coefficient (Wildman–Crippen LogP) is 1.85. The average Bonchev–Trinajstić information content (AvgIpc) is 3.58. The first-order valence-electron chi connectivity index (χ1n) is 10.0. The van der Waals surface area contributed by atoms with Gasteiger partial charge < -0.3 is 24.4 Å². The number of nitriles is 1. The molecule has 2 aliphatic rings. The summed E-state index contributed by atoms with van der Waals surface area (Å²) in [6.07, 6.45) is 1.12. The Labute approximate surface area is 170 Å². The normalized spacial score (nSPS) is 18.4. The van der Waals surface area contributed by atoms with Crippen LogP contribution in [0, 0.1) is 17.2 Å². The van der Waals surface area contributed by atoms with Gasteiger partial charge in [0.25, 0.3) is 5.91 Å². The molecule has 8 heteroatoms. The first kappa shape index (κ1) is 21.1. The van der Waals surface area contributed by atoms with Crippen LogP contribution in [-0.4, -0.2) is 62.0 Å². The Hall–Kier alpha value is -2.63. The van der Waals surface area contributed by atoms with Crippen molar-refractivity contribution in [2.24, 2.45) is 5.92 Å². The third-order valence-corrected chi connectivity index (χ3v) is 4.92. The molecule has 29 heavy (non-hydrogen) atoms. The van der Waals surface area contributed by atoms with E-state index in [1.165, 1.54) is 0 Å². The van der Waals surface area contributed by atoms with Crippen LogP contribution in [0.2, 0.25) is 0 Å². The summed E-state index contributed by atoms with van der Waals surface area (Å²) in [5, 5.41) is 12.0. The lowest BCUT2D eigenvalue weighted by atomic mass is 10.1. The van der Waals surface area contributed by atoms with Gasteiger partial charge in [-0.15, -0.1) is 0 Å². The quantitative estimate of drug-likeness (QED) is 0.678. The molecule has 1 aliphatic heterocycles. The van der Waals surface area contributed by atoms with Gasteiger partial charge in [-0.1, -0.05) is 43.2 Å². The molecule has 156 valence electrons. The van der Waals surface area contributed by atoms with E-state index in [1.54, 1.807) is 4.90 Å². The summed E-state index contributed by atoms with van der Waals surface area (Å²) in [6.45, 7) is 2.24. The third-order valence-electron chi connectivity index (χ3n) is 4.92. The second-order valence-electron chi connectivity index (χ2n) is 7.34. The highest BCUT2D eigenvalue weighted by Gasteiger charge is 2.34. The van der Waals surface area contributed by atoms with Crippen LogP contribution in [-0.2, 0) is 25.6 Å². The highest BCUT2D eigenvalue weighted by molar-refractivity contribution is 5.84. The van der Waals surface area contributed by atoms with Gasteiger partial charge in [0.15, 0.2) is 6.10 Å².